The SMILES string of the molecule is O=C(O)[C@H]1CCCN(C(=O)[C@H]2CCCCN2)C1. The van der Waals surface area contributed by atoms with Crippen LogP contribution in [0.1, 0.15) is 32.1 Å². The van der Waals surface area contributed by atoms with Crippen molar-refractivity contribution in [2.45, 2.75) is 38.1 Å². The molecule has 0 aromatic rings. The molecule has 0 aromatic heterocycles. The van der Waals surface area contributed by atoms with Crippen LogP contribution in [0.5, 0.6) is 0 Å². The summed E-state index contributed by atoms with van der Waals surface area (Å²) in [5, 5.41) is 12.2. The number of nitrogens with one attached hydrogen (secondary N) is 1. The van der Waals surface area contributed by atoms with Gasteiger partial charge in [-0.3, -0.25) is 9.59 Å². The van der Waals surface area contributed by atoms with Crippen molar-refractivity contribution >= 4 is 11.9 Å². The molecule has 96 valence electrons. The number of aliphatic carboxylic acids is 1. The minimum atomic E-state index is -0.779. The second kappa shape index (κ2) is 5.49. The van der Waals surface area contributed by atoms with E-state index in [1.54, 1.807) is 4.90 Å². The summed E-state index contributed by atoms with van der Waals surface area (Å²) in [4.78, 5) is 24.9. The van der Waals surface area contributed by atoms with Crippen molar-refractivity contribution in [3.63, 3.8) is 0 Å². The van der Waals surface area contributed by atoms with Crippen molar-refractivity contribution in [1.29, 1.82) is 0 Å². The Labute approximate surface area is 101 Å². The third-order valence-electron chi connectivity index (χ3n) is 3.69. The number of carbonyl (C=O) groups is 2. The zero-order valence-corrected chi connectivity index (χ0v) is 10.0. The highest BCUT2D eigenvalue weighted by Crippen LogP contribution is 2.19. The molecule has 2 heterocycles. The van der Waals surface area contributed by atoms with E-state index in [2.05, 4.69) is 5.32 Å². The fourth-order valence-electron chi connectivity index (χ4n) is 2.66. The van der Waals surface area contributed by atoms with Crippen molar-refractivity contribution in [2.75, 3.05) is 19.6 Å². The third kappa shape index (κ3) is 2.97. The van der Waals surface area contributed by atoms with Crippen LogP contribution < -0.4 is 5.32 Å². The van der Waals surface area contributed by atoms with Crippen LogP contribution in [0.4, 0.5) is 0 Å². The van der Waals surface area contributed by atoms with E-state index in [0.29, 0.717) is 19.5 Å². The summed E-state index contributed by atoms with van der Waals surface area (Å²) in [6.45, 7) is 1.99. The standard InChI is InChI=1S/C12H20N2O3/c15-11(10-5-1-2-6-13-10)14-7-3-4-9(8-14)12(16)17/h9-10,13H,1-8H2,(H,16,17)/t9-,10+/m0/s1. The number of nitrogens with zero attached hydrogens (tertiary/aromatic N) is 1. The van der Waals surface area contributed by atoms with E-state index in [4.69, 9.17) is 5.11 Å². The summed E-state index contributed by atoms with van der Waals surface area (Å²) in [6.07, 6.45) is 4.58. The Kier molecular flexibility index (Phi) is 3.99. The van der Waals surface area contributed by atoms with Gasteiger partial charge in [-0.25, -0.2) is 0 Å². The lowest BCUT2D eigenvalue weighted by Crippen LogP contribution is -2.52. The molecule has 0 aliphatic carbocycles. The van der Waals surface area contributed by atoms with Gasteiger partial charge >= 0.3 is 5.97 Å². The van der Waals surface area contributed by atoms with Crippen LogP contribution in [0.25, 0.3) is 0 Å². The quantitative estimate of drug-likeness (QED) is 0.735. The van der Waals surface area contributed by atoms with Crippen LogP contribution in [0, 0.1) is 5.92 Å². The molecule has 0 radical (unpaired) electrons. The molecule has 2 atom stereocenters. The smallest absolute Gasteiger partial charge is 0.308 e. The molecule has 0 spiro atoms. The number of likely N-dealkylation sites (tertiary alicyclic amines) is 1. The molecule has 0 bridgehead atoms. The molecule has 2 N–H and O–H groups in total. The lowest BCUT2D eigenvalue weighted by Gasteiger charge is -2.34. The zero-order chi connectivity index (χ0) is 12.3. The third-order valence-corrected chi connectivity index (χ3v) is 3.69. The highest BCUT2D eigenvalue weighted by molar-refractivity contribution is 5.83. The molecular weight excluding hydrogens is 220 g/mol. The maximum atomic E-state index is 12.2. The molecule has 5 nitrogen and oxygen atoms in total. The van der Waals surface area contributed by atoms with Gasteiger partial charge < -0.3 is 15.3 Å². The molecule has 0 aromatic carbocycles. The van der Waals surface area contributed by atoms with Gasteiger partial charge in [0.1, 0.15) is 0 Å². The lowest BCUT2D eigenvalue weighted by molar-refractivity contribution is -0.146. The molecule has 0 saturated carbocycles. The zero-order valence-electron chi connectivity index (χ0n) is 10.0. The fourth-order valence-corrected chi connectivity index (χ4v) is 2.66. The number of carbonyl (C=O) groups excluding carboxylic acids is 1. The Morgan fingerprint density at radius 3 is 2.65 bits per heavy atom. The number of amides is 1. The molecule has 0 unspecified atom stereocenters. The van der Waals surface area contributed by atoms with Gasteiger partial charge in [0.05, 0.1) is 12.0 Å². The average Bonchev–Trinajstić information content (AvgIpc) is 2.39. The number of carboxylic acids is 1. The number of carboxylic acid groups (broad SMARTS) is 1. The van der Waals surface area contributed by atoms with Gasteiger partial charge in [-0.05, 0) is 32.2 Å². The maximum Gasteiger partial charge on any atom is 0.308 e. The largest absolute Gasteiger partial charge is 0.481 e. The molecule has 2 fully saturated rings. The summed E-state index contributed by atoms with van der Waals surface area (Å²) in [5.74, 6) is -1.06. The van der Waals surface area contributed by atoms with Gasteiger partial charge in [0.25, 0.3) is 0 Å². The number of piperidine rings is 2. The minimum Gasteiger partial charge on any atom is -0.481 e. The van der Waals surface area contributed by atoms with Crippen molar-refractivity contribution in [3.8, 4) is 0 Å². The second-order valence-electron chi connectivity index (χ2n) is 4.96. The topological polar surface area (TPSA) is 69.6 Å². The van der Waals surface area contributed by atoms with E-state index in [0.717, 1.165) is 32.2 Å². The van der Waals surface area contributed by atoms with Crippen LogP contribution in [0.2, 0.25) is 0 Å². The first kappa shape index (κ1) is 12.4. The van der Waals surface area contributed by atoms with E-state index >= 15 is 0 Å². The Hall–Kier alpha value is -1.10. The van der Waals surface area contributed by atoms with Crippen molar-refractivity contribution < 1.29 is 14.7 Å². The number of hydrogen-bond acceptors (Lipinski definition) is 3. The summed E-state index contributed by atoms with van der Waals surface area (Å²) in [5.41, 5.74) is 0. The summed E-state index contributed by atoms with van der Waals surface area (Å²) in [7, 11) is 0. The normalized spacial score (nSPS) is 30.0. The Bertz CT molecular complexity index is 300. The lowest BCUT2D eigenvalue weighted by atomic mass is 9.96. The van der Waals surface area contributed by atoms with Crippen molar-refractivity contribution in [2.24, 2.45) is 5.92 Å². The highest BCUT2D eigenvalue weighted by Gasteiger charge is 2.31. The number of hydrogen-bond donors (Lipinski definition) is 2. The molecule has 1 amide bonds. The van der Waals surface area contributed by atoms with Gasteiger partial charge in [-0.15, -0.1) is 0 Å². The fraction of sp³-hybridized carbons (Fsp3) is 0.833. The number of rotatable bonds is 2. The van der Waals surface area contributed by atoms with Crippen LogP contribution in [0.3, 0.4) is 0 Å². The molecule has 5 heteroatoms. The summed E-state index contributed by atoms with van der Waals surface area (Å²) < 4.78 is 0. The summed E-state index contributed by atoms with van der Waals surface area (Å²) in [6, 6.07) is -0.0868. The average molecular weight is 240 g/mol. The van der Waals surface area contributed by atoms with E-state index in [1.807, 2.05) is 0 Å². The van der Waals surface area contributed by atoms with Crippen LogP contribution >= 0.6 is 0 Å². The van der Waals surface area contributed by atoms with E-state index in [9.17, 15) is 9.59 Å². The van der Waals surface area contributed by atoms with Crippen molar-refractivity contribution in [1.82, 2.24) is 10.2 Å². The Morgan fingerprint density at radius 2 is 2.00 bits per heavy atom. The summed E-state index contributed by atoms with van der Waals surface area (Å²) >= 11 is 0. The Balaban J connectivity index is 1.91. The predicted octanol–water partition coefficient (Wildman–Crippen LogP) is 0.452. The van der Waals surface area contributed by atoms with Gasteiger partial charge in [0.15, 0.2) is 0 Å². The van der Waals surface area contributed by atoms with E-state index in [-0.39, 0.29) is 17.9 Å². The van der Waals surface area contributed by atoms with Gasteiger partial charge in [-0.2, -0.15) is 0 Å². The highest BCUT2D eigenvalue weighted by atomic mass is 16.4. The van der Waals surface area contributed by atoms with E-state index < -0.39 is 5.97 Å². The molecule has 17 heavy (non-hydrogen) atoms. The van der Waals surface area contributed by atoms with E-state index in [1.165, 1.54) is 0 Å². The van der Waals surface area contributed by atoms with Crippen LogP contribution in [-0.2, 0) is 9.59 Å². The van der Waals surface area contributed by atoms with Gasteiger partial charge in [0, 0.05) is 13.1 Å². The monoisotopic (exact) mass is 240 g/mol. The van der Waals surface area contributed by atoms with Crippen molar-refractivity contribution in [3.05, 3.63) is 0 Å². The molecule has 2 aliphatic heterocycles. The van der Waals surface area contributed by atoms with Crippen LogP contribution in [-0.4, -0.2) is 47.6 Å². The van der Waals surface area contributed by atoms with Gasteiger partial charge in [-0.1, -0.05) is 6.42 Å². The van der Waals surface area contributed by atoms with Gasteiger partial charge in [0.2, 0.25) is 5.91 Å². The molecular formula is C12H20N2O3. The first-order valence-electron chi connectivity index (χ1n) is 6.43. The molecule has 2 rings (SSSR count). The first-order chi connectivity index (χ1) is 8.18. The maximum absolute atomic E-state index is 12.2. The first-order valence-corrected chi connectivity index (χ1v) is 6.43. The van der Waals surface area contributed by atoms with Crippen LogP contribution in [0.15, 0.2) is 0 Å². The molecule has 2 saturated heterocycles. The second-order valence-corrected chi connectivity index (χ2v) is 4.96. The molecule has 2 aliphatic rings. The predicted molar refractivity (Wildman–Crippen MR) is 62.6 cm³/mol. The Morgan fingerprint density at radius 1 is 1.18 bits per heavy atom. The minimum absolute atomic E-state index is 0.0868.